The van der Waals surface area contributed by atoms with E-state index in [0.717, 1.165) is 18.2 Å². The van der Waals surface area contributed by atoms with Crippen molar-refractivity contribution in [3.05, 3.63) is 47.3 Å². The number of benzene rings is 1. The van der Waals surface area contributed by atoms with Crippen molar-refractivity contribution in [3.8, 4) is 0 Å². The molecule has 1 heterocycles. The van der Waals surface area contributed by atoms with E-state index < -0.39 is 17.7 Å². The third kappa shape index (κ3) is 1.84. The molecule has 0 aliphatic heterocycles. The second-order valence-electron chi connectivity index (χ2n) is 3.04. The molecule has 0 fully saturated rings. The minimum Gasteiger partial charge on any atom is -0.319 e. The van der Waals surface area contributed by atoms with Crippen LogP contribution >= 0.6 is 0 Å². The first kappa shape index (κ1) is 9.72. The van der Waals surface area contributed by atoms with E-state index >= 15 is 0 Å². The van der Waals surface area contributed by atoms with Crippen molar-refractivity contribution in [1.82, 2.24) is 15.4 Å². The van der Waals surface area contributed by atoms with E-state index in [-0.39, 0.29) is 5.56 Å². The van der Waals surface area contributed by atoms with Crippen LogP contribution in [-0.2, 0) is 0 Å². The second-order valence-corrected chi connectivity index (χ2v) is 3.04. The van der Waals surface area contributed by atoms with Gasteiger partial charge in [0.05, 0.1) is 12.2 Å². The Hall–Kier alpha value is -1.82. The molecule has 6 heteroatoms. The van der Waals surface area contributed by atoms with Gasteiger partial charge in [-0.15, -0.1) is 0 Å². The number of aromatic nitrogens is 3. The molecule has 1 aromatic heterocycles. The Kier molecular flexibility index (Phi) is 2.42. The van der Waals surface area contributed by atoms with E-state index in [1.165, 1.54) is 6.20 Å². The predicted octanol–water partition coefficient (Wildman–Crippen LogP) is 1.13. The summed E-state index contributed by atoms with van der Waals surface area (Å²) >= 11 is 0. The van der Waals surface area contributed by atoms with Gasteiger partial charge in [-0.1, -0.05) is 0 Å². The average Bonchev–Trinajstić information content (AvgIpc) is 2.74. The monoisotopic (exact) mass is 210 g/mol. The first-order valence-corrected chi connectivity index (χ1v) is 4.24. The van der Waals surface area contributed by atoms with Gasteiger partial charge in [-0.05, 0) is 18.2 Å². The summed E-state index contributed by atoms with van der Waals surface area (Å²) in [6.45, 7) is 0. The third-order valence-corrected chi connectivity index (χ3v) is 2.05. The van der Waals surface area contributed by atoms with Gasteiger partial charge in [-0.3, -0.25) is 0 Å². The lowest BCUT2D eigenvalue weighted by atomic mass is 10.0. The summed E-state index contributed by atoms with van der Waals surface area (Å²) in [4.78, 5) is 0. The molecule has 4 nitrogen and oxygen atoms in total. The summed E-state index contributed by atoms with van der Waals surface area (Å²) in [5.74, 6) is -1.10. The van der Waals surface area contributed by atoms with Crippen molar-refractivity contribution >= 4 is 0 Å². The zero-order valence-electron chi connectivity index (χ0n) is 7.61. The summed E-state index contributed by atoms with van der Waals surface area (Å²) in [6.07, 6.45) is 1.37. The molecule has 3 N–H and O–H groups in total. The summed E-state index contributed by atoms with van der Waals surface area (Å²) in [7, 11) is 0. The lowest BCUT2D eigenvalue weighted by Crippen LogP contribution is -2.14. The van der Waals surface area contributed by atoms with Crippen molar-refractivity contribution in [2.45, 2.75) is 6.04 Å². The maximum Gasteiger partial charge on any atom is 0.128 e. The van der Waals surface area contributed by atoms with Gasteiger partial charge in [-0.25, -0.2) is 8.78 Å². The van der Waals surface area contributed by atoms with E-state index in [1.807, 2.05) is 0 Å². The highest BCUT2D eigenvalue weighted by Gasteiger charge is 2.16. The number of rotatable bonds is 2. The summed E-state index contributed by atoms with van der Waals surface area (Å²) in [5.41, 5.74) is 6.12. The molecule has 1 aromatic carbocycles. The predicted molar refractivity (Wildman–Crippen MR) is 48.8 cm³/mol. The molecule has 0 saturated carbocycles. The number of nitrogens with two attached hydrogens (primary N) is 1. The van der Waals surface area contributed by atoms with E-state index in [0.29, 0.717) is 5.69 Å². The molecule has 0 bridgehead atoms. The van der Waals surface area contributed by atoms with Crippen molar-refractivity contribution in [2.24, 2.45) is 5.73 Å². The minimum absolute atomic E-state index is 0.0592. The van der Waals surface area contributed by atoms with E-state index in [9.17, 15) is 8.78 Å². The van der Waals surface area contributed by atoms with Crippen LogP contribution in [0.4, 0.5) is 8.78 Å². The highest BCUT2D eigenvalue weighted by molar-refractivity contribution is 5.27. The lowest BCUT2D eigenvalue weighted by Gasteiger charge is -2.09. The molecule has 0 spiro atoms. The molecule has 0 aliphatic rings. The first-order chi connectivity index (χ1) is 7.18. The molecule has 2 rings (SSSR count). The SMILES string of the molecule is NC(c1cn[nH]n1)c1cc(F)ccc1F. The highest BCUT2D eigenvalue weighted by Crippen LogP contribution is 2.20. The average molecular weight is 210 g/mol. The van der Waals surface area contributed by atoms with Crippen LogP contribution in [0.15, 0.2) is 24.4 Å². The summed E-state index contributed by atoms with van der Waals surface area (Å²) < 4.78 is 26.2. The molecule has 0 aliphatic carbocycles. The number of aromatic amines is 1. The Bertz CT molecular complexity index is 455. The number of halogens is 2. The number of H-pyrrole nitrogens is 1. The van der Waals surface area contributed by atoms with Gasteiger partial charge in [0.1, 0.15) is 17.3 Å². The summed E-state index contributed by atoms with van der Waals surface area (Å²) in [5, 5.41) is 9.62. The fourth-order valence-corrected chi connectivity index (χ4v) is 1.27. The fourth-order valence-electron chi connectivity index (χ4n) is 1.27. The van der Waals surface area contributed by atoms with Crippen LogP contribution in [0.1, 0.15) is 17.3 Å². The van der Waals surface area contributed by atoms with Gasteiger partial charge in [0.2, 0.25) is 0 Å². The van der Waals surface area contributed by atoms with Gasteiger partial charge in [0, 0.05) is 5.56 Å². The third-order valence-electron chi connectivity index (χ3n) is 2.05. The quantitative estimate of drug-likeness (QED) is 0.780. The Morgan fingerprint density at radius 1 is 1.33 bits per heavy atom. The fraction of sp³-hybridized carbons (Fsp3) is 0.111. The molecule has 78 valence electrons. The largest absolute Gasteiger partial charge is 0.319 e. The van der Waals surface area contributed by atoms with Gasteiger partial charge < -0.3 is 5.73 Å². The van der Waals surface area contributed by atoms with Crippen LogP contribution in [0.25, 0.3) is 0 Å². The van der Waals surface area contributed by atoms with Crippen molar-refractivity contribution < 1.29 is 8.78 Å². The van der Waals surface area contributed by atoms with Crippen LogP contribution in [-0.4, -0.2) is 15.4 Å². The van der Waals surface area contributed by atoms with Crippen LogP contribution in [0.3, 0.4) is 0 Å². The zero-order chi connectivity index (χ0) is 10.8. The lowest BCUT2D eigenvalue weighted by molar-refractivity contribution is 0.574. The number of hydrogen-bond acceptors (Lipinski definition) is 3. The first-order valence-electron chi connectivity index (χ1n) is 4.24. The van der Waals surface area contributed by atoms with Gasteiger partial charge in [0.25, 0.3) is 0 Å². The van der Waals surface area contributed by atoms with E-state index in [4.69, 9.17) is 5.73 Å². The van der Waals surface area contributed by atoms with Crippen LogP contribution < -0.4 is 5.73 Å². The molecular formula is C9H8F2N4. The molecular weight excluding hydrogens is 202 g/mol. The Morgan fingerprint density at radius 2 is 2.13 bits per heavy atom. The van der Waals surface area contributed by atoms with Gasteiger partial charge >= 0.3 is 0 Å². The van der Waals surface area contributed by atoms with E-state index in [2.05, 4.69) is 15.4 Å². The maximum atomic E-state index is 13.3. The molecule has 0 radical (unpaired) electrons. The van der Waals surface area contributed by atoms with Crippen molar-refractivity contribution in [2.75, 3.05) is 0 Å². The molecule has 1 atom stereocenters. The van der Waals surface area contributed by atoms with E-state index in [1.54, 1.807) is 0 Å². The number of hydrogen-bond donors (Lipinski definition) is 2. The smallest absolute Gasteiger partial charge is 0.128 e. The Balaban J connectivity index is 2.41. The van der Waals surface area contributed by atoms with Crippen LogP contribution in [0, 0.1) is 11.6 Å². The van der Waals surface area contributed by atoms with Crippen LogP contribution in [0.5, 0.6) is 0 Å². The zero-order valence-corrected chi connectivity index (χ0v) is 7.61. The number of nitrogens with one attached hydrogen (secondary N) is 1. The Labute approximate surface area is 84.1 Å². The second kappa shape index (κ2) is 3.74. The normalized spacial score (nSPS) is 12.7. The topological polar surface area (TPSA) is 67.6 Å². The highest BCUT2D eigenvalue weighted by atomic mass is 19.1. The van der Waals surface area contributed by atoms with Gasteiger partial charge in [0.15, 0.2) is 0 Å². The molecule has 2 aromatic rings. The van der Waals surface area contributed by atoms with Crippen LogP contribution in [0.2, 0.25) is 0 Å². The minimum atomic E-state index is -0.820. The standard InChI is InChI=1S/C9H8F2N4/c10-5-1-2-7(11)6(3-5)9(12)8-4-13-15-14-8/h1-4,9H,12H2,(H,13,14,15). The maximum absolute atomic E-state index is 13.3. The molecule has 0 amide bonds. The molecule has 15 heavy (non-hydrogen) atoms. The van der Waals surface area contributed by atoms with Crippen molar-refractivity contribution in [3.63, 3.8) is 0 Å². The van der Waals surface area contributed by atoms with Crippen molar-refractivity contribution in [1.29, 1.82) is 0 Å². The molecule has 0 saturated heterocycles. The summed E-state index contributed by atoms with van der Waals surface area (Å²) in [6, 6.07) is 2.30. The van der Waals surface area contributed by atoms with Gasteiger partial charge in [-0.2, -0.15) is 15.4 Å². The molecule has 1 unspecified atom stereocenters. The number of nitrogens with zero attached hydrogens (tertiary/aromatic N) is 2. The Morgan fingerprint density at radius 3 is 2.80 bits per heavy atom.